The maximum Gasteiger partial charge on any atom is 0.224 e. The molecule has 1 aromatic heterocycles. The molecule has 0 saturated heterocycles. The first-order valence-electron chi connectivity index (χ1n) is 6.76. The summed E-state index contributed by atoms with van der Waals surface area (Å²) in [5.74, 6) is 0.864. The highest BCUT2D eigenvalue weighted by molar-refractivity contribution is 6.01. The number of benzene rings is 2. The Morgan fingerprint density at radius 3 is 2.83 bits per heavy atom. The predicted molar refractivity (Wildman–Crippen MR) is 86.1 cm³/mol. The Kier molecular flexibility index (Phi) is 3.88. The minimum absolute atomic E-state index is 0.0687. The topological polar surface area (TPSA) is 127 Å². The lowest BCUT2D eigenvalue weighted by atomic mass is 10.0. The standard InChI is InChI=1S/C15H14N6O2/c1-22-12-7-6-9-4-2-3-5-10(9)11(12)8-18-19-14(16)13-15(17)21-23-20-13/h2-8H,1H3,(H2,16,19)(H2,17,21)/p+1. The van der Waals surface area contributed by atoms with Crippen molar-refractivity contribution in [2.24, 2.45) is 10.8 Å². The zero-order valence-corrected chi connectivity index (χ0v) is 12.4. The molecule has 0 radical (unpaired) electrons. The number of fused-ring (bicyclic) bond motifs is 1. The first-order chi connectivity index (χ1) is 11.2. The second kappa shape index (κ2) is 6.14. The molecule has 0 aliphatic carbocycles. The summed E-state index contributed by atoms with van der Waals surface area (Å²) in [7, 11) is 1.61. The zero-order chi connectivity index (χ0) is 16.2. The van der Waals surface area contributed by atoms with Crippen molar-refractivity contribution < 1.29 is 14.5 Å². The third-order valence-electron chi connectivity index (χ3n) is 3.30. The average Bonchev–Trinajstić information content (AvgIpc) is 3.01. The van der Waals surface area contributed by atoms with Crippen LogP contribution in [0, 0.1) is 0 Å². The van der Waals surface area contributed by atoms with E-state index in [0.29, 0.717) is 5.75 Å². The fourth-order valence-electron chi connectivity index (χ4n) is 2.19. The van der Waals surface area contributed by atoms with E-state index in [1.54, 1.807) is 13.3 Å². The molecule has 0 spiro atoms. The van der Waals surface area contributed by atoms with Crippen LogP contribution >= 0.6 is 0 Å². The van der Waals surface area contributed by atoms with E-state index in [9.17, 15) is 0 Å². The van der Waals surface area contributed by atoms with Crippen LogP contribution in [0.25, 0.3) is 10.8 Å². The lowest BCUT2D eigenvalue weighted by Crippen LogP contribution is -2.63. The molecule has 8 heteroatoms. The van der Waals surface area contributed by atoms with E-state index >= 15 is 0 Å². The van der Waals surface area contributed by atoms with Crippen LogP contribution in [0.5, 0.6) is 5.75 Å². The minimum Gasteiger partial charge on any atom is -0.496 e. The summed E-state index contributed by atoms with van der Waals surface area (Å²) in [5.41, 5.74) is 12.4. The van der Waals surface area contributed by atoms with Crippen LogP contribution in [-0.2, 0) is 0 Å². The fraction of sp³-hybridized carbons (Fsp3) is 0.0667. The molecule has 0 saturated carbocycles. The van der Waals surface area contributed by atoms with Crippen LogP contribution in [0.1, 0.15) is 11.3 Å². The summed E-state index contributed by atoms with van der Waals surface area (Å²) in [6.07, 6.45) is 1.69. The summed E-state index contributed by atoms with van der Waals surface area (Å²) in [6.45, 7) is 0. The molecule has 5 N–H and O–H groups in total. The van der Waals surface area contributed by atoms with Crippen LogP contribution in [0.2, 0.25) is 0 Å². The molecule has 0 unspecified atom stereocenters. The van der Waals surface area contributed by atoms with Crippen LogP contribution in [0.3, 0.4) is 0 Å². The maximum absolute atomic E-state index is 5.78. The van der Waals surface area contributed by atoms with Crippen molar-refractivity contribution >= 4 is 28.6 Å². The summed E-state index contributed by atoms with van der Waals surface area (Å²) < 4.78 is 9.88. The zero-order valence-electron chi connectivity index (χ0n) is 12.4. The van der Waals surface area contributed by atoms with Gasteiger partial charge in [-0.15, -0.1) is 5.10 Å². The van der Waals surface area contributed by atoms with Gasteiger partial charge < -0.3 is 16.2 Å². The molecular formula is C15H15N6O2+. The van der Waals surface area contributed by atoms with Crippen molar-refractivity contribution in [2.75, 3.05) is 12.8 Å². The Bertz CT molecular complexity index is 900. The average molecular weight is 311 g/mol. The first kappa shape index (κ1) is 14.5. The number of rotatable bonds is 4. The fourth-order valence-corrected chi connectivity index (χ4v) is 2.19. The Hall–Kier alpha value is -3.42. The Balaban J connectivity index is 1.99. The number of hydrogen-bond donors (Lipinski definition) is 3. The normalized spacial score (nSPS) is 12.1. The number of aromatic nitrogens is 2. The van der Waals surface area contributed by atoms with E-state index in [2.05, 4.69) is 25.1 Å². The lowest BCUT2D eigenvalue weighted by Gasteiger charge is -2.05. The van der Waals surface area contributed by atoms with Gasteiger partial charge in [0.05, 0.1) is 12.7 Å². The summed E-state index contributed by atoms with van der Waals surface area (Å²) in [6, 6.07) is 11.8. The van der Waals surface area contributed by atoms with Gasteiger partial charge in [-0.2, -0.15) is 0 Å². The second-order valence-corrected chi connectivity index (χ2v) is 4.67. The van der Waals surface area contributed by atoms with Crippen LogP contribution in [0.15, 0.2) is 46.1 Å². The van der Waals surface area contributed by atoms with Gasteiger partial charge in [0.2, 0.25) is 12.1 Å². The number of hydrogen-bond acceptors (Lipinski definition) is 6. The van der Waals surface area contributed by atoms with Crippen LogP contribution in [0.4, 0.5) is 5.82 Å². The third kappa shape index (κ3) is 2.82. The number of methoxy groups -OCH3 is 1. The van der Waals surface area contributed by atoms with E-state index < -0.39 is 0 Å². The van der Waals surface area contributed by atoms with Gasteiger partial charge in [-0.05, 0) is 27.2 Å². The van der Waals surface area contributed by atoms with Crippen LogP contribution in [-0.4, -0.2) is 29.5 Å². The van der Waals surface area contributed by atoms with Gasteiger partial charge in [-0.25, -0.2) is 4.63 Å². The number of hydrazone groups is 1. The van der Waals surface area contributed by atoms with Crippen molar-refractivity contribution in [1.29, 1.82) is 0 Å². The molecule has 0 fully saturated rings. The van der Waals surface area contributed by atoms with Gasteiger partial charge in [-0.3, -0.25) is 0 Å². The molecule has 0 amide bonds. The van der Waals surface area contributed by atoms with E-state index in [1.165, 1.54) is 0 Å². The largest absolute Gasteiger partial charge is 0.496 e. The molecule has 0 bridgehead atoms. The maximum atomic E-state index is 5.78. The van der Waals surface area contributed by atoms with Gasteiger partial charge in [-0.1, -0.05) is 30.3 Å². The molecule has 0 atom stereocenters. The number of nitrogen functional groups attached to an aromatic ring is 1. The molecule has 1 heterocycles. The smallest absolute Gasteiger partial charge is 0.224 e. The molecule has 116 valence electrons. The third-order valence-corrected chi connectivity index (χ3v) is 3.30. The second-order valence-electron chi connectivity index (χ2n) is 4.67. The summed E-state index contributed by atoms with van der Waals surface area (Å²) in [5, 5.41) is 15.9. The Morgan fingerprint density at radius 1 is 1.26 bits per heavy atom. The molecular weight excluding hydrogens is 296 g/mol. The monoisotopic (exact) mass is 311 g/mol. The molecule has 0 aliphatic heterocycles. The lowest BCUT2D eigenvalue weighted by molar-refractivity contribution is -0.456. The van der Waals surface area contributed by atoms with Gasteiger partial charge in [0.15, 0.2) is 11.5 Å². The molecule has 3 aromatic rings. The highest BCUT2D eigenvalue weighted by Gasteiger charge is 2.12. The van der Waals surface area contributed by atoms with Gasteiger partial charge >= 0.3 is 0 Å². The van der Waals surface area contributed by atoms with Crippen LogP contribution < -0.4 is 21.3 Å². The first-order valence-corrected chi connectivity index (χ1v) is 6.76. The predicted octanol–water partition coefficient (Wildman–Crippen LogP) is -0.366. The van der Waals surface area contributed by atoms with Crippen molar-refractivity contribution in [3.63, 3.8) is 0 Å². The molecule has 0 aliphatic rings. The number of anilines is 1. The van der Waals surface area contributed by atoms with Gasteiger partial charge in [0, 0.05) is 5.10 Å². The van der Waals surface area contributed by atoms with Gasteiger partial charge in [0.1, 0.15) is 5.75 Å². The van der Waals surface area contributed by atoms with E-state index in [-0.39, 0.29) is 17.3 Å². The quantitative estimate of drug-likeness (QED) is 0.343. The van der Waals surface area contributed by atoms with Gasteiger partial charge in [0.25, 0.3) is 0 Å². The van der Waals surface area contributed by atoms with Crippen molar-refractivity contribution in [3.05, 3.63) is 47.7 Å². The van der Waals surface area contributed by atoms with E-state index in [1.807, 2.05) is 36.4 Å². The van der Waals surface area contributed by atoms with E-state index in [0.717, 1.165) is 16.3 Å². The molecule has 2 aromatic carbocycles. The molecule has 3 rings (SSSR count). The number of nitrogens with one attached hydrogen (secondary N) is 1. The highest BCUT2D eigenvalue weighted by Crippen LogP contribution is 2.25. The van der Waals surface area contributed by atoms with Crippen molar-refractivity contribution in [2.45, 2.75) is 0 Å². The highest BCUT2D eigenvalue weighted by atomic mass is 16.6. The van der Waals surface area contributed by atoms with E-state index in [4.69, 9.17) is 16.2 Å². The Labute approximate surface area is 131 Å². The number of nitrogens with zero attached hydrogens (tertiary/aromatic N) is 3. The summed E-state index contributed by atoms with van der Waals surface area (Å²) in [4.78, 5) is 0. The number of nitrogens with two attached hydrogens (primary N) is 2. The molecule has 23 heavy (non-hydrogen) atoms. The van der Waals surface area contributed by atoms with Crippen molar-refractivity contribution in [3.8, 4) is 5.75 Å². The van der Waals surface area contributed by atoms with Crippen molar-refractivity contribution in [1.82, 2.24) is 10.3 Å². The number of amidine groups is 1. The molecule has 8 nitrogen and oxygen atoms in total. The SMILES string of the molecule is COc1ccc2ccccc2c1C=[NH+]N=C(N)c1nonc1N. The minimum atomic E-state index is 0.0687. The number of ether oxygens (including phenoxy) is 1. The Morgan fingerprint density at radius 2 is 2.09 bits per heavy atom. The summed E-state index contributed by atoms with van der Waals surface area (Å²) >= 11 is 0.